The second-order valence-electron chi connectivity index (χ2n) is 4.99. The van der Waals surface area contributed by atoms with Gasteiger partial charge in [-0.05, 0) is 29.6 Å². The number of thiazole rings is 1. The summed E-state index contributed by atoms with van der Waals surface area (Å²) in [5, 5.41) is 18.3. The third-order valence-electron chi connectivity index (χ3n) is 3.13. The van der Waals surface area contributed by atoms with Gasteiger partial charge in [-0.3, -0.25) is 14.9 Å². The predicted molar refractivity (Wildman–Crippen MR) is 97.9 cm³/mol. The van der Waals surface area contributed by atoms with Crippen molar-refractivity contribution < 1.29 is 9.59 Å². The van der Waals surface area contributed by atoms with Crippen LogP contribution < -0.4 is 10.6 Å². The molecule has 0 atom stereocenters. The first-order chi connectivity index (χ1) is 12.1. The second-order valence-corrected chi connectivity index (χ2v) is 6.80. The van der Waals surface area contributed by atoms with Crippen molar-refractivity contribution in [1.82, 2.24) is 4.98 Å². The van der Waals surface area contributed by atoms with E-state index in [1.807, 2.05) is 11.4 Å². The summed E-state index contributed by atoms with van der Waals surface area (Å²) in [6.07, 6.45) is 0.0855. The van der Waals surface area contributed by atoms with Gasteiger partial charge in [0, 0.05) is 11.1 Å². The van der Waals surface area contributed by atoms with Gasteiger partial charge in [-0.2, -0.15) is 5.26 Å². The minimum atomic E-state index is -0.239. The van der Waals surface area contributed by atoms with Crippen LogP contribution in [0.15, 0.2) is 47.2 Å². The molecule has 0 saturated heterocycles. The second kappa shape index (κ2) is 7.70. The Morgan fingerprint density at radius 1 is 1.16 bits per heavy atom. The molecule has 0 unspecified atom stereocenters. The lowest BCUT2D eigenvalue weighted by Gasteiger charge is -2.04. The molecule has 124 valence electrons. The summed E-state index contributed by atoms with van der Waals surface area (Å²) in [5.74, 6) is -0.454. The lowest BCUT2D eigenvalue weighted by atomic mass is 10.2. The Morgan fingerprint density at radius 2 is 2.04 bits per heavy atom. The van der Waals surface area contributed by atoms with Crippen molar-refractivity contribution in [3.63, 3.8) is 0 Å². The van der Waals surface area contributed by atoms with Crippen LogP contribution in [-0.2, 0) is 11.2 Å². The lowest BCUT2D eigenvalue weighted by molar-refractivity contribution is -0.115. The molecule has 0 aliphatic rings. The Labute approximate surface area is 151 Å². The number of aromatic nitrogens is 1. The molecular weight excluding hydrogens is 356 g/mol. The Balaban J connectivity index is 1.58. The molecule has 0 bridgehead atoms. The number of hydrogen-bond acceptors (Lipinski definition) is 6. The van der Waals surface area contributed by atoms with Crippen LogP contribution in [0.4, 0.5) is 10.8 Å². The van der Waals surface area contributed by atoms with Gasteiger partial charge in [0.15, 0.2) is 5.13 Å². The third-order valence-corrected chi connectivity index (χ3v) is 4.81. The van der Waals surface area contributed by atoms with E-state index in [9.17, 15) is 9.59 Å². The highest BCUT2D eigenvalue weighted by molar-refractivity contribution is 7.14. The van der Waals surface area contributed by atoms with E-state index < -0.39 is 0 Å². The number of anilines is 2. The van der Waals surface area contributed by atoms with Crippen LogP contribution in [-0.4, -0.2) is 16.8 Å². The maximum Gasteiger partial charge on any atom is 0.267 e. The number of nitriles is 1. The van der Waals surface area contributed by atoms with Crippen LogP contribution in [0, 0.1) is 11.3 Å². The summed E-state index contributed by atoms with van der Waals surface area (Å²) in [6, 6.07) is 12.2. The smallest absolute Gasteiger partial charge is 0.267 e. The molecule has 3 rings (SSSR count). The van der Waals surface area contributed by atoms with Gasteiger partial charge in [0.05, 0.1) is 28.6 Å². The number of nitrogens with zero attached hydrogens (tertiary/aromatic N) is 2. The highest BCUT2D eigenvalue weighted by Gasteiger charge is 2.12. The van der Waals surface area contributed by atoms with Crippen LogP contribution >= 0.6 is 22.7 Å². The molecular formula is C17H12N4O2S2. The van der Waals surface area contributed by atoms with Crippen LogP contribution in [0.5, 0.6) is 0 Å². The highest BCUT2D eigenvalue weighted by atomic mass is 32.1. The van der Waals surface area contributed by atoms with E-state index in [1.54, 1.807) is 41.8 Å². The van der Waals surface area contributed by atoms with Crippen molar-refractivity contribution in [1.29, 1.82) is 5.26 Å². The standard InChI is InChI=1S/C17H12N4O2S2/c18-9-11-3-1-4-12(7-11)19-15(22)8-13-10-25-17(20-13)21-16(23)14-5-2-6-24-14/h1-7,10H,8H2,(H,19,22)(H,20,21,23). The number of carbonyl (C=O) groups excluding carboxylic acids is 2. The molecule has 0 fully saturated rings. The Bertz CT molecular complexity index is 942. The summed E-state index contributed by atoms with van der Waals surface area (Å²) >= 11 is 2.62. The lowest BCUT2D eigenvalue weighted by Crippen LogP contribution is -2.15. The molecule has 2 amide bonds. The summed E-state index contributed by atoms with van der Waals surface area (Å²) in [6.45, 7) is 0. The van der Waals surface area contributed by atoms with Crippen molar-refractivity contribution in [3.8, 4) is 6.07 Å². The van der Waals surface area contributed by atoms with E-state index in [1.165, 1.54) is 22.7 Å². The first-order valence-corrected chi connectivity index (χ1v) is 8.99. The van der Waals surface area contributed by atoms with Gasteiger partial charge in [0.1, 0.15) is 0 Å². The van der Waals surface area contributed by atoms with Crippen LogP contribution in [0.3, 0.4) is 0 Å². The average molecular weight is 368 g/mol. The number of hydrogen-bond donors (Lipinski definition) is 2. The number of carbonyl (C=O) groups is 2. The van der Waals surface area contributed by atoms with Crippen molar-refractivity contribution in [2.24, 2.45) is 0 Å². The van der Waals surface area contributed by atoms with Crippen LogP contribution in [0.25, 0.3) is 0 Å². The first-order valence-electron chi connectivity index (χ1n) is 7.23. The van der Waals surface area contributed by atoms with Gasteiger partial charge < -0.3 is 5.32 Å². The summed E-state index contributed by atoms with van der Waals surface area (Å²) < 4.78 is 0. The molecule has 0 radical (unpaired) electrons. The molecule has 0 spiro atoms. The molecule has 2 N–H and O–H groups in total. The van der Waals surface area contributed by atoms with Gasteiger partial charge in [-0.15, -0.1) is 22.7 Å². The van der Waals surface area contributed by atoms with Crippen molar-refractivity contribution in [3.05, 3.63) is 63.3 Å². The van der Waals surface area contributed by atoms with E-state index in [-0.39, 0.29) is 18.2 Å². The zero-order chi connectivity index (χ0) is 17.6. The molecule has 25 heavy (non-hydrogen) atoms. The molecule has 1 aromatic carbocycles. The molecule has 0 aliphatic heterocycles. The van der Waals surface area contributed by atoms with E-state index in [0.29, 0.717) is 27.0 Å². The Hall–Kier alpha value is -3.02. The van der Waals surface area contributed by atoms with Gasteiger partial charge in [-0.25, -0.2) is 4.98 Å². The molecule has 0 saturated carbocycles. The largest absolute Gasteiger partial charge is 0.326 e. The number of rotatable bonds is 5. The predicted octanol–water partition coefficient (Wildman–Crippen LogP) is 3.51. The Morgan fingerprint density at radius 3 is 2.80 bits per heavy atom. The van der Waals surface area contributed by atoms with E-state index >= 15 is 0 Å². The topological polar surface area (TPSA) is 94.9 Å². The fraction of sp³-hybridized carbons (Fsp3) is 0.0588. The number of thiophene rings is 1. The zero-order valence-electron chi connectivity index (χ0n) is 12.9. The van der Waals surface area contributed by atoms with Gasteiger partial charge in [0.25, 0.3) is 5.91 Å². The monoisotopic (exact) mass is 368 g/mol. The van der Waals surface area contributed by atoms with Crippen LogP contribution in [0.1, 0.15) is 20.9 Å². The van der Waals surface area contributed by atoms with E-state index in [2.05, 4.69) is 15.6 Å². The minimum absolute atomic E-state index is 0.0855. The van der Waals surface area contributed by atoms with Crippen molar-refractivity contribution in [2.45, 2.75) is 6.42 Å². The quantitative estimate of drug-likeness (QED) is 0.720. The molecule has 2 heterocycles. The molecule has 2 aromatic heterocycles. The summed E-state index contributed by atoms with van der Waals surface area (Å²) in [4.78, 5) is 28.9. The van der Waals surface area contributed by atoms with Gasteiger partial charge in [0.2, 0.25) is 5.91 Å². The van der Waals surface area contributed by atoms with Gasteiger partial charge in [-0.1, -0.05) is 12.1 Å². The number of amides is 2. The van der Waals surface area contributed by atoms with Crippen molar-refractivity contribution >= 4 is 45.3 Å². The SMILES string of the molecule is N#Cc1cccc(NC(=O)Cc2csc(NC(=O)c3cccs3)n2)c1. The van der Waals surface area contributed by atoms with Crippen molar-refractivity contribution in [2.75, 3.05) is 10.6 Å². The van der Waals surface area contributed by atoms with E-state index in [0.717, 1.165) is 0 Å². The summed E-state index contributed by atoms with van der Waals surface area (Å²) in [7, 11) is 0. The van der Waals surface area contributed by atoms with E-state index in [4.69, 9.17) is 5.26 Å². The molecule has 0 aliphatic carbocycles. The first kappa shape index (κ1) is 16.8. The molecule has 8 heteroatoms. The third kappa shape index (κ3) is 4.50. The normalized spacial score (nSPS) is 10.0. The Kier molecular flexibility index (Phi) is 5.18. The fourth-order valence-corrected chi connectivity index (χ4v) is 3.37. The summed E-state index contributed by atoms with van der Waals surface area (Å²) in [5.41, 5.74) is 1.61. The average Bonchev–Trinajstić information content (AvgIpc) is 3.27. The molecule has 6 nitrogen and oxygen atoms in total. The number of nitrogens with one attached hydrogen (secondary N) is 2. The maximum absolute atomic E-state index is 12.1. The number of benzene rings is 1. The van der Waals surface area contributed by atoms with Crippen LogP contribution in [0.2, 0.25) is 0 Å². The molecule has 3 aromatic rings. The minimum Gasteiger partial charge on any atom is -0.326 e. The highest BCUT2D eigenvalue weighted by Crippen LogP contribution is 2.19. The van der Waals surface area contributed by atoms with Gasteiger partial charge >= 0.3 is 0 Å². The zero-order valence-corrected chi connectivity index (χ0v) is 14.5. The fourth-order valence-electron chi connectivity index (χ4n) is 2.05. The maximum atomic E-state index is 12.1.